The molecule has 0 radical (unpaired) electrons. The van der Waals surface area contributed by atoms with E-state index in [4.69, 9.17) is 14.2 Å². The highest BCUT2D eigenvalue weighted by Crippen LogP contribution is 2.29. The first kappa shape index (κ1) is 22.3. The van der Waals surface area contributed by atoms with E-state index in [0.29, 0.717) is 31.3 Å². The van der Waals surface area contributed by atoms with E-state index in [2.05, 4.69) is 17.6 Å². The van der Waals surface area contributed by atoms with E-state index in [1.165, 1.54) is 13.0 Å². The Labute approximate surface area is 159 Å². The third-order valence-corrected chi connectivity index (χ3v) is 3.46. The van der Waals surface area contributed by atoms with Gasteiger partial charge in [-0.25, -0.2) is 9.59 Å². The molecule has 0 saturated heterocycles. The zero-order chi connectivity index (χ0) is 20.2. The summed E-state index contributed by atoms with van der Waals surface area (Å²) in [7, 11) is 0. The minimum Gasteiger partial charge on any atom is -0.490 e. The average molecular weight is 380 g/mol. The number of amides is 3. The molecule has 150 valence electrons. The second-order valence-corrected chi connectivity index (χ2v) is 5.69. The number of ether oxygens (including phenoxy) is 3. The molecule has 1 rings (SSSR count). The number of urea groups is 1. The largest absolute Gasteiger partial charge is 0.490 e. The fourth-order valence-corrected chi connectivity index (χ4v) is 2.05. The molecule has 1 aromatic rings. The Morgan fingerprint density at radius 3 is 2.44 bits per heavy atom. The van der Waals surface area contributed by atoms with Gasteiger partial charge >= 0.3 is 12.0 Å². The van der Waals surface area contributed by atoms with Crippen molar-refractivity contribution in [1.29, 1.82) is 0 Å². The average Bonchev–Trinajstić information content (AvgIpc) is 2.63. The van der Waals surface area contributed by atoms with Crippen LogP contribution in [0.25, 0.3) is 0 Å². The van der Waals surface area contributed by atoms with Crippen LogP contribution in [0.5, 0.6) is 11.5 Å². The summed E-state index contributed by atoms with van der Waals surface area (Å²) in [4.78, 5) is 35.5. The molecule has 8 heteroatoms. The van der Waals surface area contributed by atoms with E-state index >= 15 is 0 Å². The number of hydrogen-bond donors (Lipinski definition) is 2. The van der Waals surface area contributed by atoms with Crippen LogP contribution in [-0.2, 0) is 9.53 Å². The van der Waals surface area contributed by atoms with Crippen molar-refractivity contribution in [3.8, 4) is 11.5 Å². The first-order chi connectivity index (χ1) is 12.9. The Hall–Kier alpha value is -2.77. The third-order valence-electron chi connectivity index (χ3n) is 3.46. The lowest BCUT2D eigenvalue weighted by molar-refractivity contribution is -0.127. The SMILES string of the molecule is CCCCOc1ccc(C(=O)OC(C)C(=O)NC(=O)NCC)cc1OCC. The minimum absolute atomic E-state index is 0.221. The minimum atomic E-state index is -1.13. The van der Waals surface area contributed by atoms with Gasteiger partial charge in [-0.15, -0.1) is 0 Å². The molecule has 2 N–H and O–H groups in total. The third kappa shape index (κ3) is 7.55. The van der Waals surface area contributed by atoms with Crippen molar-refractivity contribution in [1.82, 2.24) is 10.6 Å². The highest BCUT2D eigenvalue weighted by atomic mass is 16.5. The summed E-state index contributed by atoms with van der Waals surface area (Å²) in [5.41, 5.74) is 0.221. The first-order valence-corrected chi connectivity index (χ1v) is 9.12. The van der Waals surface area contributed by atoms with E-state index < -0.39 is 24.0 Å². The van der Waals surface area contributed by atoms with Crippen LogP contribution in [0.2, 0.25) is 0 Å². The predicted molar refractivity (Wildman–Crippen MR) is 100 cm³/mol. The van der Waals surface area contributed by atoms with Crippen molar-refractivity contribution < 1.29 is 28.6 Å². The molecule has 8 nitrogen and oxygen atoms in total. The molecule has 0 spiro atoms. The topological polar surface area (TPSA) is 103 Å². The normalized spacial score (nSPS) is 11.3. The molecule has 0 aliphatic carbocycles. The second kappa shape index (κ2) is 11.8. The molecule has 1 atom stereocenters. The lowest BCUT2D eigenvalue weighted by Crippen LogP contribution is -2.44. The van der Waals surface area contributed by atoms with Crippen molar-refractivity contribution in [2.24, 2.45) is 0 Å². The number of nitrogens with one attached hydrogen (secondary N) is 2. The fourth-order valence-electron chi connectivity index (χ4n) is 2.05. The van der Waals surface area contributed by atoms with Gasteiger partial charge in [-0.3, -0.25) is 10.1 Å². The molecule has 0 bridgehead atoms. The van der Waals surface area contributed by atoms with E-state index in [-0.39, 0.29) is 5.56 Å². The molecule has 0 fully saturated rings. The number of carbonyl (C=O) groups excluding carboxylic acids is 3. The molecule has 3 amide bonds. The lowest BCUT2D eigenvalue weighted by Gasteiger charge is -2.15. The van der Waals surface area contributed by atoms with Crippen LogP contribution in [0.1, 0.15) is 50.9 Å². The standard InChI is InChI=1S/C19H28N2O6/c1-5-8-11-26-15-10-9-14(12-16(15)25-7-3)18(23)27-13(4)17(22)21-19(24)20-6-2/h9-10,12-13H,5-8,11H2,1-4H3,(H2,20,21,22,24). The Morgan fingerprint density at radius 2 is 1.81 bits per heavy atom. The number of benzene rings is 1. The van der Waals surface area contributed by atoms with Crippen molar-refractivity contribution in [3.05, 3.63) is 23.8 Å². The molecule has 0 heterocycles. The van der Waals surface area contributed by atoms with Gasteiger partial charge in [0.2, 0.25) is 0 Å². The van der Waals surface area contributed by atoms with Gasteiger partial charge in [0.15, 0.2) is 17.6 Å². The lowest BCUT2D eigenvalue weighted by atomic mass is 10.2. The fraction of sp³-hybridized carbons (Fsp3) is 0.526. The van der Waals surface area contributed by atoms with Crippen LogP contribution < -0.4 is 20.1 Å². The molecule has 0 aliphatic rings. The van der Waals surface area contributed by atoms with E-state index in [1.807, 2.05) is 6.92 Å². The summed E-state index contributed by atoms with van der Waals surface area (Å²) >= 11 is 0. The van der Waals surface area contributed by atoms with Gasteiger partial charge in [0, 0.05) is 6.54 Å². The van der Waals surface area contributed by atoms with Gasteiger partial charge in [0.25, 0.3) is 5.91 Å². The highest BCUT2D eigenvalue weighted by molar-refractivity contribution is 5.98. The number of unbranched alkanes of at least 4 members (excludes halogenated alkanes) is 1. The number of carbonyl (C=O) groups is 3. The Kier molecular flexibility index (Phi) is 9.71. The van der Waals surface area contributed by atoms with Crippen LogP contribution in [0.15, 0.2) is 18.2 Å². The predicted octanol–water partition coefficient (Wildman–Crippen LogP) is 2.66. The zero-order valence-electron chi connectivity index (χ0n) is 16.3. The molecule has 1 aromatic carbocycles. The van der Waals surface area contributed by atoms with Crippen LogP contribution >= 0.6 is 0 Å². The van der Waals surface area contributed by atoms with Gasteiger partial charge in [0.1, 0.15) is 0 Å². The maximum absolute atomic E-state index is 12.3. The summed E-state index contributed by atoms with van der Waals surface area (Å²) < 4.78 is 16.3. The van der Waals surface area contributed by atoms with Gasteiger partial charge in [0.05, 0.1) is 18.8 Å². The number of rotatable bonds is 10. The van der Waals surface area contributed by atoms with Crippen molar-refractivity contribution in [2.75, 3.05) is 19.8 Å². The monoisotopic (exact) mass is 380 g/mol. The second-order valence-electron chi connectivity index (χ2n) is 5.69. The van der Waals surface area contributed by atoms with Crippen LogP contribution in [-0.4, -0.2) is 43.8 Å². The number of imide groups is 1. The quantitative estimate of drug-likeness (QED) is 0.478. The van der Waals surface area contributed by atoms with Gasteiger partial charge < -0.3 is 19.5 Å². The molecular weight excluding hydrogens is 352 g/mol. The molecule has 0 aliphatic heterocycles. The maximum Gasteiger partial charge on any atom is 0.339 e. The Morgan fingerprint density at radius 1 is 1.07 bits per heavy atom. The molecule has 0 aromatic heterocycles. The van der Waals surface area contributed by atoms with Crippen molar-refractivity contribution in [2.45, 2.75) is 46.6 Å². The van der Waals surface area contributed by atoms with Crippen molar-refractivity contribution in [3.63, 3.8) is 0 Å². The summed E-state index contributed by atoms with van der Waals surface area (Å²) in [6.07, 6.45) is 0.786. The van der Waals surface area contributed by atoms with Crippen LogP contribution in [0.4, 0.5) is 4.79 Å². The van der Waals surface area contributed by atoms with E-state index in [1.54, 1.807) is 19.1 Å². The van der Waals surface area contributed by atoms with E-state index in [9.17, 15) is 14.4 Å². The number of hydrogen-bond acceptors (Lipinski definition) is 6. The number of esters is 1. The summed E-state index contributed by atoms with van der Waals surface area (Å²) in [5, 5.41) is 4.52. The zero-order valence-corrected chi connectivity index (χ0v) is 16.3. The van der Waals surface area contributed by atoms with Crippen LogP contribution in [0.3, 0.4) is 0 Å². The molecular formula is C19H28N2O6. The van der Waals surface area contributed by atoms with Crippen LogP contribution in [0, 0.1) is 0 Å². The van der Waals surface area contributed by atoms with Crippen molar-refractivity contribution >= 4 is 17.9 Å². The van der Waals surface area contributed by atoms with Gasteiger partial charge in [-0.05, 0) is 45.4 Å². The van der Waals surface area contributed by atoms with E-state index in [0.717, 1.165) is 12.8 Å². The first-order valence-electron chi connectivity index (χ1n) is 9.12. The highest BCUT2D eigenvalue weighted by Gasteiger charge is 2.21. The summed E-state index contributed by atoms with van der Waals surface area (Å²) in [5.74, 6) is -0.431. The smallest absolute Gasteiger partial charge is 0.339 e. The summed E-state index contributed by atoms with van der Waals surface area (Å²) in [6.45, 7) is 8.34. The molecule has 1 unspecified atom stereocenters. The Balaban J connectivity index is 2.76. The maximum atomic E-state index is 12.3. The molecule has 27 heavy (non-hydrogen) atoms. The van der Waals surface area contributed by atoms with Gasteiger partial charge in [-0.2, -0.15) is 0 Å². The Bertz CT molecular complexity index is 647. The summed E-state index contributed by atoms with van der Waals surface area (Å²) in [6, 6.07) is 4.05. The molecule has 0 saturated carbocycles. The van der Waals surface area contributed by atoms with Gasteiger partial charge in [-0.1, -0.05) is 13.3 Å².